The summed E-state index contributed by atoms with van der Waals surface area (Å²) in [7, 11) is 0. The van der Waals surface area contributed by atoms with Gasteiger partial charge in [-0.15, -0.1) is 0 Å². The Morgan fingerprint density at radius 3 is 2.90 bits per heavy atom. The van der Waals surface area contributed by atoms with Crippen LogP contribution in [0.1, 0.15) is 57.7 Å². The van der Waals surface area contributed by atoms with Crippen LogP contribution in [0.15, 0.2) is 10.9 Å². The van der Waals surface area contributed by atoms with E-state index in [1.54, 1.807) is 6.07 Å². The normalized spacial score (nSPS) is 22.8. The van der Waals surface area contributed by atoms with Crippen molar-refractivity contribution in [2.24, 2.45) is 0 Å². The van der Waals surface area contributed by atoms with E-state index >= 15 is 0 Å². The van der Waals surface area contributed by atoms with Gasteiger partial charge in [0.05, 0.1) is 0 Å². The first-order valence-corrected chi connectivity index (χ1v) is 8.25. The van der Waals surface area contributed by atoms with E-state index in [9.17, 15) is 4.79 Å². The number of anilines is 1. The molecule has 2 fully saturated rings. The van der Waals surface area contributed by atoms with E-state index < -0.39 is 0 Å². The van der Waals surface area contributed by atoms with Crippen molar-refractivity contribution in [3.05, 3.63) is 22.2 Å². The van der Waals surface area contributed by atoms with Crippen LogP contribution in [-0.4, -0.2) is 35.1 Å². The van der Waals surface area contributed by atoms with E-state index in [0.29, 0.717) is 18.0 Å². The average molecular weight is 290 g/mol. The largest absolute Gasteiger partial charge is 0.352 e. The molecule has 1 unspecified atom stereocenters. The minimum atomic E-state index is -0.0111. The molecule has 0 amide bonds. The Balaban J connectivity index is 1.80. The first-order chi connectivity index (χ1) is 10.1. The standard InChI is InChI=1S/C16H26N4O/c1-11(2)17-10-13-5-3-4-8-20(13)14-9-15(21)19-16(18-14)12-6-7-12/h9,11-13,17H,3-8,10H2,1-2H3,(H,18,19,21). The number of nitrogens with one attached hydrogen (secondary N) is 2. The van der Waals surface area contributed by atoms with Crippen LogP contribution < -0.4 is 15.8 Å². The number of hydrogen-bond donors (Lipinski definition) is 2. The second-order valence-corrected chi connectivity index (χ2v) is 6.67. The van der Waals surface area contributed by atoms with Crippen molar-refractivity contribution >= 4 is 5.82 Å². The topological polar surface area (TPSA) is 61.0 Å². The molecule has 2 N–H and O–H groups in total. The zero-order chi connectivity index (χ0) is 14.8. The molecule has 0 aromatic carbocycles. The van der Waals surface area contributed by atoms with Crippen LogP contribution in [0.25, 0.3) is 0 Å². The number of piperidine rings is 1. The summed E-state index contributed by atoms with van der Waals surface area (Å²) in [6.07, 6.45) is 5.94. The fourth-order valence-corrected chi connectivity index (χ4v) is 3.05. The van der Waals surface area contributed by atoms with Crippen LogP contribution in [0, 0.1) is 0 Å². The highest BCUT2D eigenvalue weighted by Gasteiger charge is 2.29. The summed E-state index contributed by atoms with van der Waals surface area (Å²) >= 11 is 0. The molecular formula is C16H26N4O. The predicted octanol–water partition coefficient (Wildman–Crippen LogP) is 2.00. The van der Waals surface area contributed by atoms with Crippen molar-refractivity contribution < 1.29 is 0 Å². The fraction of sp³-hybridized carbons (Fsp3) is 0.750. The summed E-state index contributed by atoms with van der Waals surface area (Å²) in [6.45, 7) is 6.31. The lowest BCUT2D eigenvalue weighted by Crippen LogP contribution is -2.47. The van der Waals surface area contributed by atoms with Gasteiger partial charge in [-0.1, -0.05) is 13.8 Å². The monoisotopic (exact) mass is 290 g/mol. The molecule has 116 valence electrons. The predicted molar refractivity (Wildman–Crippen MR) is 85.0 cm³/mol. The SMILES string of the molecule is CC(C)NCC1CCCCN1c1cc(=O)[nH]c(C2CC2)n1. The van der Waals surface area contributed by atoms with E-state index in [1.807, 2.05) is 0 Å². The number of hydrogen-bond acceptors (Lipinski definition) is 4. The molecule has 0 spiro atoms. The molecule has 1 saturated heterocycles. The summed E-state index contributed by atoms with van der Waals surface area (Å²) in [5.74, 6) is 2.24. The van der Waals surface area contributed by atoms with Gasteiger partial charge >= 0.3 is 0 Å². The summed E-state index contributed by atoms with van der Waals surface area (Å²) in [5, 5.41) is 3.52. The van der Waals surface area contributed by atoms with Crippen LogP contribution in [0.2, 0.25) is 0 Å². The highest BCUT2D eigenvalue weighted by atomic mass is 16.1. The van der Waals surface area contributed by atoms with Crippen molar-refractivity contribution in [1.82, 2.24) is 15.3 Å². The van der Waals surface area contributed by atoms with Crippen LogP contribution in [0.4, 0.5) is 5.82 Å². The third-order valence-corrected chi connectivity index (χ3v) is 4.39. The van der Waals surface area contributed by atoms with Gasteiger partial charge in [-0.25, -0.2) is 4.98 Å². The van der Waals surface area contributed by atoms with E-state index in [0.717, 1.165) is 37.6 Å². The molecule has 21 heavy (non-hydrogen) atoms. The van der Waals surface area contributed by atoms with Crippen molar-refractivity contribution in [2.75, 3.05) is 18.0 Å². The van der Waals surface area contributed by atoms with E-state index in [1.165, 1.54) is 19.3 Å². The van der Waals surface area contributed by atoms with Gasteiger partial charge in [0.1, 0.15) is 11.6 Å². The lowest BCUT2D eigenvalue weighted by atomic mass is 10.0. The summed E-state index contributed by atoms with van der Waals surface area (Å²) in [5.41, 5.74) is -0.0111. The van der Waals surface area contributed by atoms with E-state index in [4.69, 9.17) is 4.98 Å². The number of rotatable bonds is 5. The molecule has 1 aromatic heterocycles. The molecule has 1 aliphatic heterocycles. The molecular weight excluding hydrogens is 264 g/mol. The zero-order valence-electron chi connectivity index (χ0n) is 13.1. The summed E-state index contributed by atoms with van der Waals surface area (Å²) in [6, 6.07) is 2.60. The van der Waals surface area contributed by atoms with Crippen LogP contribution >= 0.6 is 0 Å². The molecule has 5 nitrogen and oxygen atoms in total. The molecule has 1 saturated carbocycles. The van der Waals surface area contributed by atoms with Gasteiger partial charge in [-0.05, 0) is 32.1 Å². The Hall–Kier alpha value is -1.36. The molecule has 0 radical (unpaired) electrons. The van der Waals surface area contributed by atoms with Gasteiger partial charge in [0.2, 0.25) is 0 Å². The van der Waals surface area contributed by atoms with Crippen LogP contribution in [-0.2, 0) is 0 Å². The maximum Gasteiger partial charge on any atom is 0.252 e. The zero-order valence-corrected chi connectivity index (χ0v) is 13.1. The van der Waals surface area contributed by atoms with Crippen molar-refractivity contribution in [3.8, 4) is 0 Å². The molecule has 0 bridgehead atoms. The Morgan fingerprint density at radius 2 is 2.19 bits per heavy atom. The van der Waals surface area contributed by atoms with E-state index in [-0.39, 0.29) is 5.56 Å². The average Bonchev–Trinajstić information content (AvgIpc) is 3.29. The number of aromatic nitrogens is 2. The molecule has 1 atom stereocenters. The third kappa shape index (κ3) is 3.64. The minimum Gasteiger partial charge on any atom is -0.352 e. The van der Waals surface area contributed by atoms with E-state index in [2.05, 4.69) is 29.0 Å². The quantitative estimate of drug-likeness (QED) is 0.871. The number of nitrogens with zero attached hydrogens (tertiary/aromatic N) is 2. The fourth-order valence-electron chi connectivity index (χ4n) is 3.05. The highest BCUT2D eigenvalue weighted by Crippen LogP contribution is 2.38. The highest BCUT2D eigenvalue weighted by molar-refractivity contribution is 5.40. The Morgan fingerprint density at radius 1 is 1.38 bits per heavy atom. The maximum absolute atomic E-state index is 11.9. The van der Waals surface area contributed by atoms with Crippen LogP contribution in [0.3, 0.4) is 0 Å². The lowest BCUT2D eigenvalue weighted by Gasteiger charge is -2.37. The summed E-state index contributed by atoms with van der Waals surface area (Å²) < 4.78 is 0. The summed E-state index contributed by atoms with van der Waals surface area (Å²) in [4.78, 5) is 21.9. The molecule has 1 aliphatic carbocycles. The van der Waals surface area contributed by atoms with Gasteiger partial charge in [0, 0.05) is 37.2 Å². The van der Waals surface area contributed by atoms with Gasteiger partial charge in [-0.3, -0.25) is 4.79 Å². The van der Waals surface area contributed by atoms with Gasteiger partial charge in [0.15, 0.2) is 0 Å². The van der Waals surface area contributed by atoms with Gasteiger partial charge < -0.3 is 15.2 Å². The Labute approximate surface area is 126 Å². The first-order valence-electron chi connectivity index (χ1n) is 8.25. The second-order valence-electron chi connectivity index (χ2n) is 6.67. The Kier molecular flexibility index (Phi) is 4.29. The third-order valence-electron chi connectivity index (χ3n) is 4.39. The first kappa shape index (κ1) is 14.6. The van der Waals surface area contributed by atoms with Crippen molar-refractivity contribution in [3.63, 3.8) is 0 Å². The smallest absolute Gasteiger partial charge is 0.252 e. The van der Waals surface area contributed by atoms with Crippen LogP contribution in [0.5, 0.6) is 0 Å². The molecule has 5 heteroatoms. The molecule has 2 heterocycles. The lowest BCUT2D eigenvalue weighted by molar-refractivity contribution is 0.418. The van der Waals surface area contributed by atoms with Crippen molar-refractivity contribution in [2.45, 2.75) is 64.0 Å². The number of H-pyrrole nitrogens is 1. The van der Waals surface area contributed by atoms with Gasteiger partial charge in [0.25, 0.3) is 5.56 Å². The molecule has 1 aromatic rings. The Bertz CT molecular complexity index is 535. The van der Waals surface area contributed by atoms with Gasteiger partial charge in [-0.2, -0.15) is 0 Å². The maximum atomic E-state index is 11.9. The second kappa shape index (κ2) is 6.18. The van der Waals surface area contributed by atoms with Crippen molar-refractivity contribution in [1.29, 1.82) is 0 Å². The molecule has 2 aliphatic rings. The molecule has 3 rings (SSSR count). The minimum absolute atomic E-state index is 0.0111. The number of aromatic amines is 1.